The maximum Gasteiger partial charge on any atom is 0.238 e. The molecule has 0 bridgehead atoms. The predicted molar refractivity (Wildman–Crippen MR) is 56.2 cm³/mol. The van der Waals surface area contributed by atoms with Gasteiger partial charge in [0.2, 0.25) is 10.0 Å². The lowest BCUT2D eigenvalue weighted by Gasteiger charge is -2.07. The Labute approximate surface area is 84.0 Å². The minimum absolute atomic E-state index is 0.175. The molecule has 0 heterocycles. The first kappa shape index (κ1) is 11.0. The lowest BCUT2D eigenvalue weighted by atomic mass is 10.1. The van der Waals surface area contributed by atoms with Crippen LogP contribution in [0.4, 0.5) is 5.69 Å². The van der Waals surface area contributed by atoms with E-state index in [-0.39, 0.29) is 4.90 Å². The highest BCUT2D eigenvalue weighted by Crippen LogP contribution is 2.18. The maximum atomic E-state index is 11.2. The van der Waals surface area contributed by atoms with Crippen LogP contribution in [0.5, 0.6) is 0 Å². The Hall–Kier alpha value is -1.07. The number of rotatable bonds is 3. The third kappa shape index (κ3) is 2.46. The summed E-state index contributed by atoms with van der Waals surface area (Å²) in [5.41, 5.74) is 6.81. The maximum absolute atomic E-state index is 11.2. The van der Waals surface area contributed by atoms with E-state index in [0.29, 0.717) is 17.7 Å². The van der Waals surface area contributed by atoms with Crippen molar-refractivity contribution in [1.82, 2.24) is 0 Å². The third-order valence-electron chi connectivity index (χ3n) is 1.91. The SMILES string of the molecule is CCCc1cc(N)ccc1S(N)(=O)=O. The van der Waals surface area contributed by atoms with E-state index in [2.05, 4.69) is 0 Å². The van der Waals surface area contributed by atoms with E-state index in [0.717, 1.165) is 6.42 Å². The van der Waals surface area contributed by atoms with Gasteiger partial charge in [-0.25, -0.2) is 13.6 Å². The minimum atomic E-state index is -3.63. The number of benzene rings is 1. The van der Waals surface area contributed by atoms with E-state index < -0.39 is 10.0 Å². The van der Waals surface area contributed by atoms with Gasteiger partial charge in [0.15, 0.2) is 0 Å². The van der Waals surface area contributed by atoms with E-state index >= 15 is 0 Å². The molecule has 0 aromatic heterocycles. The average Bonchev–Trinajstić information content (AvgIpc) is 2.02. The molecule has 1 aromatic rings. The molecular formula is C9H14N2O2S. The van der Waals surface area contributed by atoms with Crippen LogP contribution in [0.25, 0.3) is 0 Å². The van der Waals surface area contributed by atoms with Gasteiger partial charge in [0.1, 0.15) is 0 Å². The lowest BCUT2D eigenvalue weighted by molar-refractivity contribution is 0.596. The molecule has 0 radical (unpaired) electrons. The van der Waals surface area contributed by atoms with E-state index in [9.17, 15) is 8.42 Å². The Balaban J connectivity index is 3.29. The van der Waals surface area contributed by atoms with Crippen molar-refractivity contribution in [3.8, 4) is 0 Å². The predicted octanol–water partition coefficient (Wildman–Crippen LogP) is 0.869. The molecule has 5 heteroatoms. The van der Waals surface area contributed by atoms with E-state index in [1.807, 2.05) is 6.92 Å². The molecule has 0 saturated carbocycles. The first-order valence-electron chi connectivity index (χ1n) is 4.36. The minimum Gasteiger partial charge on any atom is -0.399 e. The lowest BCUT2D eigenvalue weighted by Crippen LogP contribution is -2.14. The number of sulfonamides is 1. The summed E-state index contributed by atoms with van der Waals surface area (Å²) >= 11 is 0. The molecule has 0 aliphatic rings. The second kappa shape index (κ2) is 3.98. The van der Waals surface area contributed by atoms with E-state index in [4.69, 9.17) is 10.9 Å². The summed E-state index contributed by atoms with van der Waals surface area (Å²) in [5, 5.41) is 5.07. The van der Waals surface area contributed by atoms with Crippen LogP contribution in [0.15, 0.2) is 23.1 Å². The number of nitrogens with two attached hydrogens (primary N) is 2. The molecule has 0 fully saturated rings. The summed E-state index contributed by atoms with van der Waals surface area (Å²) < 4.78 is 22.4. The van der Waals surface area contributed by atoms with Crippen LogP contribution >= 0.6 is 0 Å². The van der Waals surface area contributed by atoms with Crippen molar-refractivity contribution in [2.24, 2.45) is 5.14 Å². The molecule has 0 aliphatic carbocycles. The van der Waals surface area contributed by atoms with Gasteiger partial charge in [-0.2, -0.15) is 0 Å². The highest BCUT2D eigenvalue weighted by molar-refractivity contribution is 7.89. The number of hydrogen-bond acceptors (Lipinski definition) is 3. The zero-order chi connectivity index (χ0) is 10.8. The molecule has 0 saturated heterocycles. The van der Waals surface area contributed by atoms with Gasteiger partial charge in [-0.15, -0.1) is 0 Å². The molecule has 0 amide bonds. The molecule has 14 heavy (non-hydrogen) atoms. The van der Waals surface area contributed by atoms with Crippen molar-refractivity contribution >= 4 is 15.7 Å². The van der Waals surface area contributed by atoms with Crippen LogP contribution in [0, 0.1) is 0 Å². The summed E-state index contributed by atoms with van der Waals surface area (Å²) in [4.78, 5) is 0.175. The zero-order valence-electron chi connectivity index (χ0n) is 8.03. The largest absolute Gasteiger partial charge is 0.399 e. The molecule has 1 aromatic carbocycles. The summed E-state index contributed by atoms with van der Waals surface area (Å²) in [6.45, 7) is 1.97. The van der Waals surface area contributed by atoms with Crippen LogP contribution in [0.3, 0.4) is 0 Å². The molecule has 4 N–H and O–H groups in total. The Morgan fingerprint density at radius 2 is 2.00 bits per heavy atom. The highest BCUT2D eigenvalue weighted by atomic mass is 32.2. The first-order chi connectivity index (χ1) is 6.45. The molecular weight excluding hydrogens is 200 g/mol. The fourth-order valence-corrected chi connectivity index (χ4v) is 2.13. The fraction of sp³-hybridized carbons (Fsp3) is 0.333. The van der Waals surface area contributed by atoms with Crippen LogP contribution in [-0.2, 0) is 16.4 Å². The highest BCUT2D eigenvalue weighted by Gasteiger charge is 2.12. The number of primary sulfonamides is 1. The van der Waals surface area contributed by atoms with Crippen LogP contribution in [0.2, 0.25) is 0 Å². The van der Waals surface area contributed by atoms with Crippen molar-refractivity contribution in [2.75, 3.05) is 5.73 Å². The number of aryl methyl sites for hydroxylation is 1. The summed E-state index contributed by atoms with van der Waals surface area (Å²) in [5.74, 6) is 0. The smallest absolute Gasteiger partial charge is 0.238 e. The first-order valence-corrected chi connectivity index (χ1v) is 5.91. The second-order valence-electron chi connectivity index (χ2n) is 3.16. The van der Waals surface area contributed by atoms with Crippen LogP contribution < -0.4 is 10.9 Å². The Kier molecular flexibility index (Phi) is 3.13. The van der Waals surface area contributed by atoms with Crippen molar-refractivity contribution in [3.63, 3.8) is 0 Å². The monoisotopic (exact) mass is 214 g/mol. The molecule has 0 aliphatic heterocycles. The average molecular weight is 214 g/mol. The van der Waals surface area contributed by atoms with Gasteiger partial charge in [0.05, 0.1) is 4.90 Å². The summed E-state index contributed by atoms with van der Waals surface area (Å²) in [7, 11) is -3.63. The van der Waals surface area contributed by atoms with Crippen molar-refractivity contribution in [1.29, 1.82) is 0 Å². The molecule has 0 spiro atoms. The Bertz CT molecular complexity index is 426. The normalized spacial score (nSPS) is 11.6. The molecule has 78 valence electrons. The quantitative estimate of drug-likeness (QED) is 0.732. The number of anilines is 1. The van der Waals surface area contributed by atoms with Gasteiger partial charge in [0.25, 0.3) is 0 Å². The van der Waals surface area contributed by atoms with Gasteiger partial charge < -0.3 is 5.73 Å². The van der Waals surface area contributed by atoms with E-state index in [1.54, 1.807) is 12.1 Å². The van der Waals surface area contributed by atoms with Gasteiger partial charge >= 0.3 is 0 Å². The Morgan fingerprint density at radius 1 is 1.36 bits per heavy atom. The fourth-order valence-electron chi connectivity index (χ4n) is 1.34. The third-order valence-corrected chi connectivity index (χ3v) is 2.92. The van der Waals surface area contributed by atoms with Crippen LogP contribution in [0.1, 0.15) is 18.9 Å². The number of nitrogen functional groups attached to an aromatic ring is 1. The molecule has 4 nitrogen and oxygen atoms in total. The second-order valence-corrected chi connectivity index (χ2v) is 4.69. The molecule has 0 atom stereocenters. The van der Waals surface area contributed by atoms with Gasteiger partial charge in [0, 0.05) is 5.69 Å². The molecule has 1 rings (SSSR count). The van der Waals surface area contributed by atoms with Crippen molar-refractivity contribution in [2.45, 2.75) is 24.7 Å². The van der Waals surface area contributed by atoms with Gasteiger partial charge in [-0.3, -0.25) is 0 Å². The van der Waals surface area contributed by atoms with E-state index in [1.165, 1.54) is 6.07 Å². The van der Waals surface area contributed by atoms with Crippen molar-refractivity contribution in [3.05, 3.63) is 23.8 Å². The number of hydrogen-bond donors (Lipinski definition) is 2. The van der Waals surface area contributed by atoms with Crippen molar-refractivity contribution < 1.29 is 8.42 Å². The van der Waals surface area contributed by atoms with Gasteiger partial charge in [-0.1, -0.05) is 13.3 Å². The van der Waals surface area contributed by atoms with Crippen LogP contribution in [-0.4, -0.2) is 8.42 Å². The summed E-state index contributed by atoms with van der Waals surface area (Å²) in [6.07, 6.45) is 1.52. The standard InChI is InChI=1S/C9H14N2O2S/c1-2-3-7-6-8(10)4-5-9(7)14(11,12)13/h4-6H,2-3,10H2,1H3,(H2,11,12,13). The van der Waals surface area contributed by atoms with Gasteiger partial charge in [-0.05, 0) is 30.2 Å². The summed E-state index contributed by atoms with van der Waals surface area (Å²) in [6, 6.07) is 4.65. The topological polar surface area (TPSA) is 86.2 Å². The Morgan fingerprint density at radius 3 is 2.50 bits per heavy atom. The zero-order valence-corrected chi connectivity index (χ0v) is 8.84. The molecule has 0 unspecified atom stereocenters.